The number of hydrogen-bond acceptors (Lipinski definition) is 10. The highest BCUT2D eigenvalue weighted by Crippen LogP contribution is 2.52. The second kappa shape index (κ2) is 34.6. The summed E-state index contributed by atoms with van der Waals surface area (Å²) in [5.74, 6) is 3.47. The Balaban J connectivity index is 0.000000145. The monoisotopic (exact) mass is 1770 g/mol. The first-order valence-corrected chi connectivity index (χ1v) is 47.2. The van der Waals surface area contributed by atoms with Gasteiger partial charge in [-0.2, -0.15) is 0 Å². The molecular weight excluding hydrogens is 1690 g/mol. The number of aromatic nitrogens is 10. The molecule has 10 nitrogen and oxygen atoms in total. The maximum Gasteiger partial charge on any atom is 0.166 e. The molecule has 0 aliphatic rings. The molecule has 8 heterocycles. The van der Waals surface area contributed by atoms with Crippen LogP contribution >= 0.6 is 22.7 Å². The van der Waals surface area contributed by atoms with Crippen molar-refractivity contribution in [2.24, 2.45) is 0 Å². The molecule has 0 N–H and O–H groups in total. The van der Waals surface area contributed by atoms with Gasteiger partial charge >= 0.3 is 0 Å². The van der Waals surface area contributed by atoms with Gasteiger partial charge < -0.3 is 9.13 Å². The van der Waals surface area contributed by atoms with E-state index in [-0.39, 0.29) is 0 Å². The summed E-state index contributed by atoms with van der Waals surface area (Å²) < 4.78 is 9.63. The van der Waals surface area contributed by atoms with Crippen LogP contribution in [0.3, 0.4) is 0 Å². The smallest absolute Gasteiger partial charge is 0.166 e. The van der Waals surface area contributed by atoms with Gasteiger partial charge in [0.1, 0.15) is 0 Å². The van der Waals surface area contributed by atoms with Crippen molar-refractivity contribution < 1.29 is 0 Å². The Morgan fingerprint density at radius 1 is 0.184 bits per heavy atom. The van der Waals surface area contributed by atoms with Gasteiger partial charge in [0.2, 0.25) is 0 Å². The molecule has 12 heteroatoms. The third-order valence-corrected chi connectivity index (χ3v) is 28.1. The van der Waals surface area contributed by atoms with E-state index >= 15 is 0 Å². The molecule has 0 saturated heterocycles. The molecule has 0 bridgehead atoms. The van der Waals surface area contributed by atoms with E-state index in [0.717, 1.165) is 139 Å². The Morgan fingerprint density at radius 3 is 0.897 bits per heavy atom. The lowest BCUT2D eigenvalue weighted by Crippen LogP contribution is -2.02. The number of pyridine rings is 2. The first-order valence-electron chi connectivity index (χ1n) is 45.6. The van der Waals surface area contributed by atoms with E-state index in [1.807, 2.05) is 108 Å². The topological polar surface area (TPSA) is 113 Å². The highest BCUT2D eigenvalue weighted by Gasteiger charge is 2.29. The molecular formula is C124H78N10S2. The lowest BCUT2D eigenvalue weighted by molar-refractivity contribution is 1.07. The number of rotatable bonds is 16. The molecule has 0 aliphatic heterocycles. The van der Waals surface area contributed by atoms with Crippen LogP contribution in [-0.4, -0.2) is 49.0 Å². The summed E-state index contributed by atoms with van der Waals surface area (Å²) in [6.45, 7) is 0. The van der Waals surface area contributed by atoms with E-state index < -0.39 is 0 Å². The van der Waals surface area contributed by atoms with Gasteiger partial charge in [0, 0.05) is 141 Å². The number of benzene rings is 18. The molecule has 26 aromatic rings. The summed E-state index contributed by atoms with van der Waals surface area (Å²) in [5, 5.41) is 9.80. The predicted octanol–water partition coefficient (Wildman–Crippen LogP) is 32.8. The molecule has 18 aromatic carbocycles. The number of thiophene rings is 2. The van der Waals surface area contributed by atoms with Crippen molar-refractivity contribution in [1.82, 2.24) is 49.0 Å². The van der Waals surface area contributed by atoms with Crippen LogP contribution in [0.5, 0.6) is 0 Å². The zero-order valence-corrected chi connectivity index (χ0v) is 75.0. The van der Waals surface area contributed by atoms with Crippen molar-refractivity contribution in [2.75, 3.05) is 0 Å². The van der Waals surface area contributed by atoms with Gasteiger partial charge in [-0.1, -0.05) is 394 Å². The summed E-state index contributed by atoms with van der Waals surface area (Å²) in [4.78, 5) is 42.5. The molecule has 26 rings (SSSR count). The molecule has 0 aliphatic carbocycles. The van der Waals surface area contributed by atoms with Gasteiger partial charge in [-0.25, -0.2) is 29.9 Å². The van der Waals surface area contributed by atoms with Gasteiger partial charge in [0.15, 0.2) is 34.9 Å². The summed E-state index contributed by atoms with van der Waals surface area (Å²) in [5.41, 5.74) is 29.0. The highest BCUT2D eigenvalue weighted by molar-refractivity contribution is 7.26. The Bertz CT molecular complexity index is 8820. The molecule has 8 aromatic heterocycles. The molecule has 0 saturated carbocycles. The van der Waals surface area contributed by atoms with E-state index in [2.05, 4.69) is 397 Å². The van der Waals surface area contributed by atoms with E-state index in [1.54, 1.807) is 0 Å². The number of para-hydroxylation sites is 4. The molecule has 0 fully saturated rings. The third-order valence-electron chi connectivity index (χ3n) is 25.8. The quantitative estimate of drug-likeness (QED) is 0.0940. The summed E-state index contributed by atoms with van der Waals surface area (Å²) in [6.07, 6.45) is 4.07. The highest BCUT2D eigenvalue weighted by atomic mass is 32.1. The average Bonchev–Trinajstić information content (AvgIpc) is 1.55. The standard InChI is InChI=1S/2C62H39N5S/c1-6-20-40(21-7-1)46-31-18-32-47(41-22-8-2-9-23-41)55(46)44-38-52(62-65-60(42-24-10-3-11-25-42)64-61(66-62)43-26-12-4-13-27-43)57(63-39-44)51-34-19-33-50-56-54(68-59(50)51)37-36-49-48-30-16-17-35-53(48)67(58(49)56)45-28-14-5-15-29-45;1-6-19-40(20-7-1)47-30-18-31-48(41-21-8-2-9-22-41)56(47)45-37-52(62-65-60(42-23-10-3-11-24-42)64-61(66-62)43-25-12-4-13-26-43)58(63-39-45)44-33-34-51-55(38-44)68-54-36-35-50-49-29-16-17-32-53(49)67(59(50)57(51)54)46-27-14-5-15-28-46/h2*1-39H. The SMILES string of the molecule is c1ccc(-c2nc(-c3ccccc3)nc(-c3cc(-c4c(-c5ccccc5)cccc4-c4ccccc4)cnc3-c3ccc4c(c3)sc3ccc5c6ccccc6n(-c6ccccc6)c5c34)n2)cc1.c1ccc(-c2nc(-c3ccccc3)nc(-c3cc(-c4c(-c5ccccc5)cccc4-c4ccccc4)cnc3-c3cccc4c3sc3ccc5c6ccccc6n(-c6ccccc6)c5c34)n2)cc1. The molecule has 136 heavy (non-hydrogen) atoms. The zero-order valence-electron chi connectivity index (χ0n) is 73.3. The van der Waals surface area contributed by atoms with Crippen LogP contribution in [-0.2, 0) is 0 Å². The largest absolute Gasteiger partial charge is 0.309 e. The van der Waals surface area contributed by atoms with Crippen LogP contribution in [0, 0.1) is 0 Å². The minimum absolute atomic E-state index is 0.546. The lowest BCUT2D eigenvalue weighted by atomic mass is 9.87. The van der Waals surface area contributed by atoms with E-state index in [4.69, 9.17) is 39.9 Å². The van der Waals surface area contributed by atoms with Crippen LogP contribution in [0.2, 0.25) is 0 Å². The number of nitrogens with zero attached hydrogens (tertiary/aromatic N) is 10. The molecule has 636 valence electrons. The van der Waals surface area contributed by atoms with Gasteiger partial charge in [-0.3, -0.25) is 9.97 Å². The second-order valence-electron chi connectivity index (χ2n) is 33.9. The van der Waals surface area contributed by atoms with Gasteiger partial charge in [-0.05, 0) is 122 Å². The third kappa shape index (κ3) is 14.4. The van der Waals surface area contributed by atoms with E-state index in [0.29, 0.717) is 34.9 Å². The first kappa shape index (κ1) is 80.4. The summed E-state index contributed by atoms with van der Waals surface area (Å²) in [7, 11) is 0. The Labute approximate surface area is 792 Å². The zero-order chi connectivity index (χ0) is 89.9. The van der Waals surface area contributed by atoms with Crippen molar-refractivity contribution in [1.29, 1.82) is 0 Å². The summed E-state index contributed by atoms with van der Waals surface area (Å²) >= 11 is 3.63. The van der Waals surface area contributed by atoms with Crippen molar-refractivity contribution in [2.45, 2.75) is 0 Å². The first-order chi connectivity index (χ1) is 67.5. The van der Waals surface area contributed by atoms with Crippen LogP contribution < -0.4 is 0 Å². The fourth-order valence-electron chi connectivity index (χ4n) is 19.7. The van der Waals surface area contributed by atoms with Crippen molar-refractivity contribution in [3.05, 3.63) is 473 Å². The van der Waals surface area contributed by atoms with E-state index in [9.17, 15) is 0 Å². The molecule has 0 amide bonds. The van der Waals surface area contributed by atoms with Gasteiger partial charge in [0.25, 0.3) is 0 Å². The normalized spacial score (nSPS) is 11.5. The molecule has 0 radical (unpaired) electrons. The maximum atomic E-state index is 5.56. The number of hydrogen-bond donors (Lipinski definition) is 0. The van der Waals surface area contributed by atoms with Crippen molar-refractivity contribution >= 4 is 107 Å². The minimum Gasteiger partial charge on any atom is -0.309 e. The molecule has 0 spiro atoms. The average molecular weight is 1770 g/mol. The van der Waals surface area contributed by atoms with Crippen molar-refractivity contribution in [3.63, 3.8) is 0 Å². The van der Waals surface area contributed by atoms with Crippen LogP contribution in [0.4, 0.5) is 0 Å². The van der Waals surface area contributed by atoms with Crippen LogP contribution in [0.15, 0.2) is 473 Å². The Kier molecular flexibility index (Phi) is 20.4. The predicted molar refractivity (Wildman–Crippen MR) is 566 cm³/mol. The Morgan fingerprint density at radius 2 is 0.493 bits per heavy atom. The van der Waals surface area contributed by atoms with E-state index in [1.165, 1.54) is 79.3 Å². The second-order valence-corrected chi connectivity index (χ2v) is 36.0. The summed E-state index contributed by atoms with van der Waals surface area (Å²) in [6, 6.07) is 162. The van der Waals surface area contributed by atoms with Gasteiger partial charge in [0.05, 0.1) is 33.5 Å². The van der Waals surface area contributed by atoms with Crippen molar-refractivity contribution in [3.8, 4) is 169 Å². The van der Waals surface area contributed by atoms with Gasteiger partial charge in [-0.15, -0.1) is 22.7 Å². The molecule has 0 unspecified atom stereocenters. The van der Waals surface area contributed by atoms with Crippen LogP contribution in [0.25, 0.3) is 253 Å². The lowest BCUT2D eigenvalue weighted by Gasteiger charge is -2.18. The maximum absolute atomic E-state index is 5.56. The fraction of sp³-hybridized carbons (Fsp3) is 0. The Hall–Kier alpha value is -17.7. The number of fused-ring (bicyclic) bond motifs is 14. The molecule has 0 atom stereocenters. The fourth-order valence-corrected chi connectivity index (χ4v) is 22.1. The minimum atomic E-state index is 0.546. The van der Waals surface area contributed by atoms with Crippen LogP contribution in [0.1, 0.15) is 0 Å².